The van der Waals surface area contributed by atoms with Gasteiger partial charge in [-0.05, 0) is 31.0 Å². The molecule has 0 saturated carbocycles. The number of hydrogen-bond donors (Lipinski definition) is 3. The lowest BCUT2D eigenvalue weighted by atomic mass is 10.1. The van der Waals surface area contributed by atoms with Crippen LogP contribution in [0.5, 0.6) is 5.75 Å². The summed E-state index contributed by atoms with van der Waals surface area (Å²) in [7, 11) is 1.46. The summed E-state index contributed by atoms with van der Waals surface area (Å²) in [5.74, 6) is 0.108. The fourth-order valence-corrected chi connectivity index (χ4v) is 3.31. The topological polar surface area (TPSA) is 89.1 Å². The summed E-state index contributed by atoms with van der Waals surface area (Å²) in [6.07, 6.45) is 3.07. The number of halogens is 1. The third-order valence-electron chi connectivity index (χ3n) is 4.86. The van der Waals surface area contributed by atoms with E-state index in [1.165, 1.54) is 18.1 Å². The number of ether oxygens (including phenoxy) is 1. The Balaban J connectivity index is 1.65. The second-order valence-electron chi connectivity index (χ2n) is 6.88. The van der Waals surface area contributed by atoms with Gasteiger partial charge in [0.05, 0.1) is 33.3 Å². The average Bonchev–Trinajstić information content (AvgIpc) is 2.65. The second kappa shape index (κ2) is 10.7. The maximum atomic E-state index is 13.8. The molecule has 2 rings (SSSR count). The smallest absolute Gasteiger partial charge is 0.312 e. The molecule has 0 bridgehead atoms. The van der Waals surface area contributed by atoms with E-state index in [-0.39, 0.29) is 17.5 Å². The molecule has 4 N–H and O–H groups in total. The third kappa shape index (κ3) is 7.05. The summed E-state index contributed by atoms with van der Waals surface area (Å²) >= 11 is 0. The molecule has 1 fully saturated rings. The highest BCUT2D eigenvalue weighted by Crippen LogP contribution is 2.17. The summed E-state index contributed by atoms with van der Waals surface area (Å²) in [5, 5.41) is 2.54. The van der Waals surface area contributed by atoms with Crippen LogP contribution in [0.4, 0.5) is 9.18 Å². The van der Waals surface area contributed by atoms with Crippen molar-refractivity contribution in [1.29, 1.82) is 0 Å². The second-order valence-corrected chi connectivity index (χ2v) is 6.88. The summed E-state index contributed by atoms with van der Waals surface area (Å²) in [4.78, 5) is 26.1. The number of methoxy groups -OCH3 is 1. The van der Waals surface area contributed by atoms with Crippen LogP contribution in [0.15, 0.2) is 18.2 Å². The first-order chi connectivity index (χ1) is 13.0. The monoisotopic (exact) mass is 381 g/mol. The fourth-order valence-electron chi connectivity index (χ4n) is 3.31. The van der Waals surface area contributed by atoms with Gasteiger partial charge in [0.15, 0.2) is 11.6 Å². The lowest BCUT2D eigenvalue weighted by molar-refractivity contribution is -0.917. The van der Waals surface area contributed by atoms with Crippen molar-refractivity contribution in [3.63, 3.8) is 0 Å². The van der Waals surface area contributed by atoms with E-state index in [1.54, 1.807) is 6.07 Å². The van der Waals surface area contributed by atoms with Crippen molar-refractivity contribution in [3.8, 4) is 5.75 Å². The molecule has 1 heterocycles. The lowest BCUT2D eigenvalue weighted by Crippen LogP contribution is -3.13. The van der Waals surface area contributed by atoms with Gasteiger partial charge in [-0.3, -0.25) is 4.79 Å². The number of nitrogens with one attached hydrogen (secondary N) is 2. The maximum absolute atomic E-state index is 13.8. The SMILES string of the molecule is COc1ccc(C[NH+]2CCN(C(=O)CCCCCNC(N)=O)CC2)cc1F. The Hall–Kier alpha value is -2.35. The number of urea groups is 1. The highest BCUT2D eigenvalue weighted by atomic mass is 19.1. The van der Waals surface area contributed by atoms with E-state index >= 15 is 0 Å². The number of nitrogens with zero attached hydrogens (tertiary/aromatic N) is 1. The molecule has 1 aliphatic rings. The summed E-state index contributed by atoms with van der Waals surface area (Å²) in [6, 6.07) is 4.56. The highest BCUT2D eigenvalue weighted by molar-refractivity contribution is 5.76. The van der Waals surface area contributed by atoms with Crippen molar-refractivity contribution in [3.05, 3.63) is 29.6 Å². The first-order valence-corrected chi connectivity index (χ1v) is 9.46. The molecule has 0 radical (unpaired) electrons. The van der Waals surface area contributed by atoms with Crippen molar-refractivity contribution in [2.24, 2.45) is 5.73 Å². The van der Waals surface area contributed by atoms with Gasteiger partial charge in [0.2, 0.25) is 5.91 Å². The van der Waals surface area contributed by atoms with Gasteiger partial charge in [-0.2, -0.15) is 0 Å². The van der Waals surface area contributed by atoms with E-state index in [2.05, 4.69) is 5.32 Å². The number of carbonyl (C=O) groups excluding carboxylic acids is 2. The average molecular weight is 381 g/mol. The molecule has 1 aromatic carbocycles. The molecule has 150 valence electrons. The first-order valence-electron chi connectivity index (χ1n) is 9.46. The van der Waals surface area contributed by atoms with E-state index in [4.69, 9.17) is 10.5 Å². The number of nitrogens with two attached hydrogens (primary N) is 1. The largest absolute Gasteiger partial charge is 0.494 e. The Morgan fingerprint density at radius 2 is 2.00 bits per heavy atom. The summed E-state index contributed by atoms with van der Waals surface area (Å²) in [6.45, 7) is 4.49. The van der Waals surface area contributed by atoms with Gasteiger partial charge in [-0.15, -0.1) is 0 Å². The van der Waals surface area contributed by atoms with Crippen LogP contribution in [0.25, 0.3) is 0 Å². The Morgan fingerprint density at radius 1 is 1.26 bits per heavy atom. The van der Waals surface area contributed by atoms with Gasteiger partial charge in [0, 0.05) is 18.5 Å². The van der Waals surface area contributed by atoms with Crippen molar-refractivity contribution in [2.45, 2.75) is 32.2 Å². The zero-order valence-corrected chi connectivity index (χ0v) is 15.9. The number of hydrogen-bond acceptors (Lipinski definition) is 3. The molecule has 7 nitrogen and oxygen atoms in total. The van der Waals surface area contributed by atoms with Gasteiger partial charge in [0.25, 0.3) is 0 Å². The van der Waals surface area contributed by atoms with E-state index in [1.807, 2.05) is 11.0 Å². The zero-order valence-electron chi connectivity index (χ0n) is 15.9. The van der Waals surface area contributed by atoms with E-state index in [0.717, 1.165) is 57.5 Å². The van der Waals surface area contributed by atoms with Crippen molar-refractivity contribution in [2.75, 3.05) is 39.8 Å². The van der Waals surface area contributed by atoms with Crippen LogP contribution >= 0.6 is 0 Å². The van der Waals surface area contributed by atoms with Crippen molar-refractivity contribution >= 4 is 11.9 Å². The molecule has 0 unspecified atom stereocenters. The van der Waals surface area contributed by atoms with Gasteiger partial charge in [-0.1, -0.05) is 6.42 Å². The van der Waals surface area contributed by atoms with Crippen molar-refractivity contribution < 1.29 is 23.6 Å². The Morgan fingerprint density at radius 3 is 2.63 bits per heavy atom. The number of unbranched alkanes of at least 4 members (excludes halogenated alkanes) is 2. The quantitative estimate of drug-likeness (QED) is 0.537. The van der Waals surface area contributed by atoms with E-state index in [0.29, 0.717) is 13.0 Å². The molecule has 27 heavy (non-hydrogen) atoms. The van der Waals surface area contributed by atoms with Gasteiger partial charge >= 0.3 is 6.03 Å². The lowest BCUT2D eigenvalue weighted by Gasteiger charge is -2.32. The molecule has 3 amide bonds. The molecule has 0 atom stereocenters. The number of benzene rings is 1. The Bertz CT molecular complexity index is 633. The van der Waals surface area contributed by atoms with E-state index < -0.39 is 6.03 Å². The number of carbonyl (C=O) groups is 2. The third-order valence-corrected chi connectivity index (χ3v) is 4.86. The minimum absolute atomic E-state index is 0.187. The molecule has 1 aromatic rings. The molecular formula is C19H30FN4O3+. The fraction of sp³-hybridized carbons (Fsp3) is 0.579. The normalized spacial score (nSPS) is 14.8. The Labute approximate surface area is 159 Å². The van der Waals surface area contributed by atoms with Gasteiger partial charge < -0.3 is 25.6 Å². The standard InChI is InChI=1S/C19H29FN4O3/c1-27-17-7-6-15(13-16(17)20)14-23-9-11-24(12-10-23)18(25)5-3-2-4-8-22-19(21)26/h6-7,13H,2-5,8-12,14H2,1H3,(H3,21,22,26)/p+1. The van der Waals surface area contributed by atoms with Crippen LogP contribution in [0.2, 0.25) is 0 Å². The number of quaternary nitrogens is 1. The van der Waals surface area contributed by atoms with Crippen LogP contribution in [-0.2, 0) is 11.3 Å². The van der Waals surface area contributed by atoms with Crippen molar-refractivity contribution in [1.82, 2.24) is 10.2 Å². The van der Waals surface area contributed by atoms with Crippen LogP contribution < -0.4 is 20.7 Å². The van der Waals surface area contributed by atoms with Crippen LogP contribution in [0, 0.1) is 5.82 Å². The van der Waals surface area contributed by atoms with Crippen LogP contribution in [0.1, 0.15) is 31.2 Å². The summed E-state index contributed by atoms with van der Waals surface area (Å²) < 4.78 is 18.7. The predicted molar refractivity (Wildman–Crippen MR) is 100.0 cm³/mol. The van der Waals surface area contributed by atoms with Gasteiger partial charge in [0.1, 0.15) is 6.54 Å². The number of piperazine rings is 1. The van der Waals surface area contributed by atoms with E-state index in [9.17, 15) is 14.0 Å². The van der Waals surface area contributed by atoms with Gasteiger partial charge in [-0.25, -0.2) is 9.18 Å². The first kappa shape index (κ1) is 21.0. The molecule has 0 aliphatic carbocycles. The molecule has 8 heteroatoms. The predicted octanol–water partition coefficient (Wildman–Crippen LogP) is 0.290. The minimum atomic E-state index is -0.510. The molecule has 1 saturated heterocycles. The maximum Gasteiger partial charge on any atom is 0.312 e. The number of amides is 3. The molecule has 1 aliphatic heterocycles. The minimum Gasteiger partial charge on any atom is -0.494 e. The number of rotatable bonds is 9. The molecular weight excluding hydrogens is 351 g/mol. The molecule has 0 spiro atoms. The van der Waals surface area contributed by atoms with Crippen LogP contribution in [-0.4, -0.2) is 56.7 Å². The molecule has 0 aromatic heterocycles. The number of primary amides is 1. The highest BCUT2D eigenvalue weighted by Gasteiger charge is 2.23. The van der Waals surface area contributed by atoms with Crippen LogP contribution in [0.3, 0.4) is 0 Å². The Kier molecular flexibility index (Phi) is 8.32. The summed E-state index contributed by atoms with van der Waals surface area (Å²) in [5.41, 5.74) is 5.93. The zero-order chi connectivity index (χ0) is 19.6.